The van der Waals surface area contributed by atoms with E-state index in [1.54, 1.807) is 21.9 Å². The number of halogens is 4. The number of rotatable bonds is 6. The first kappa shape index (κ1) is 28.5. The van der Waals surface area contributed by atoms with E-state index >= 15 is 0 Å². The first-order chi connectivity index (χ1) is 17.8. The van der Waals surface area contributed by atoms with Gasteiger partial charge in [0.2, 0.25) is 10.0 Å². The molecule has 2 aromatic rings. The zero-order valence-corrected chi connectivity index (χ0v) is 22.6. The Morgan fingerprint density at radius 1 is 1.00 bits per heavy atom. The van der Waals surface area contributed by atoms with E-state index in [2.05, 4.69) is 9.64 Å². The Morgan fingerprint density at radius 2 is 1.61 bits per heavy atom. The summed E-state index contributed by atoms with van der Waals surface area (Å²) in [5, 5.41) is 0.606. The number of urea groups is 1. The van der Waals surface area contributed by atoms with Gasteiger partial charge < -0.3 is 14.5 Å². The summed E-state index contributed by atoms with van der Waals surface area (Å²) in [6.45, 7) is 2.54. The maximum absolute atomic E-state index is 13.4. The van der Waals surface area contributed by atoms with E-state index in [1.807, 2.05) is 31.3 Å². The second kappa shape index (κ2) is 11.3. The molecular weight excluding hydrogens is 545 g/mol. The van der Waals surface area contributed by atoms with Crippen molar-refractivity contribution in [2.24, 2.45) is 0 Å². The Kier molecular flexibility index (Phi) is 8.46. The molecule has 2 fully saturated rings. The number of likely N-dealkylation sites (N-methyl/N-ethyl adjacent to an activating group) is 1. The van der Waals surface area contributed by atoms with Crippen LogP contribution in [0.3, 0.4) is 0 Å². The second-order valence-corrected chi connectivity index (χ2v) is 12.1. The van der Waals surface area contributed by atoms with Crippen molar-refractivity contribution in [1.82, 2.24) is 19.0 Å². The van der Waals surface area contributed by atoms with E-state index in [-0.39, 0.29) is 36.8 Å². The van der Waals surface area contributed by atoms with Crippen LogP contribution in [-0.2, 0) is 16.6 Å². The summed E-state index contributed by atoms with van der Waals surface area (Å²) in [6, 6.07) is 13.0. The molecule has 2 amide bonds. The summed E-state index contributed by atoms with van der Waals surface area (Å²) in [5.74, 6) is -0.303. The van der Waals surface area contributed by atoms with Crippen LogP contribution in [0.1, 0.15) is 17.0 Å². The number of amides is 2. The third kappa shape index (κ3) is 7.10. The molecule has 2 saturated heterocycles. The Balaban J connectivity index is 1.47. The molecule has 13 heteroatoms. The molecule has 0 spiro atoms. The standard InChI is InChI=1S/C25H30ClF3N4O4S/c1-30(15-18-3-9-21(10-4-18)37-25(27,28)29)23-17-32(16-22(23)19-5-7-20(26)8-6-19)24(34)31-11-13-33(14-12-31)38(2,35)36/h3-10,22-23H,11-17H2,1-2H3. The van der Waals surface area contributed by atoms with Crippen molar-refractivity contribution < 1.29 is 31.1 Å². The van der Waals surface area contributed by atoms with Gasteiger partial charge in [-0.2, -0.15) is 4.31 Å². The van der Waals surface area contributed by atoms with E-state index in [0.717, 1.165) is 11.1 Å². The van der Waals surface area contributed by atoms with Crippen LogP contribution in [0.2, 0.25) is 5.02 Å². The number of carbonyl (C=O) groups is 1. The molecule has 0 aliphatic carbocycles. The van der Waals surface area contributed by atoms with E-state index in [4.69, 9.17) is 11.6 Å². The van der Waals surface area contributed by atoms with Crippen molar-refractivity contribution in [3.8, 4) is 5.75 Å². The van der Waals surface area contributed by atoms with E-state index < -0.39 is 16.4 Å². The predicted octanol–water partition coefficient (Wildman–Crippen LogP) is 3.84. The lowest BCUT2D eigenvalue weighted by atomic mass is 9.93. The smallest absolute Gasteiger partial charge is 0.406 e. The van der Waals surface area contributed by atoms with Crippen molar-refractivity contribution in [1.29, 1.82) is 0 Å². The Hall–Kier alpha value is -2.54. The Bertz CT molecular complexity index is 1220. The molecule has 8 nitrogen and oxygen atoms in total. The molecule has 2 atom stereocenters. The minimum Gasteiger partial charge on any atom is -0.406 e. The van der Waals surface area contributed by atoms with Gasteiger partial charge in [0.15, 0.2) is 0 Å². The predicted molar refractivity (Wildman–Crippen MR) is 138 cm³/mol. The molecule has 0 radical (unpaired) electrons. The molecule has 2 heterocycles. The van der Waals surface area contributed by atoms with Crippen LogP contribution < -0.4 is 4.74 Å². The topological polar surface area (TPSA) is 73.4 Å². The minimum absolute atomic E-state index is 0.0219. The van der Waals surface area contributed by atoms with Crippen LogP contribution in [0.4, 0.5) is 18.0 Å². The zero-order chi connectivity index (χ0) is 27.7. The van der Waals surface area contributed by atoms with Crippen LogP contribution in [0, 0.1) is 0 Å². The van der Waals surface area contributed by atoms with Gasteiger partial charge in [-0.1, -0.05) is 35.9 Å². The first-order valence-corrected chi connectivity index (χ1v) is 14.3. The van der Waals surface area contributed by atoms with Crippen LogP contribution >= 0.6 is 11.6 Å². The minimum atomic E-state index is -4.75. The van der Waals surface area contributed by atoms with Crippen molar-refractivity contribution in [3.63, 3.8) is 0 Å². The quantitative estimate of drug-likeness (QED) is 0.524. The summed E-state index contributed by atoms with van der Waals surface area (Å²) in [7, 11) is -1.38. The number of sulfonamides is 1. The fraction of sp³-hybridized carbons (Fsp3) is 0.480. The van der Waals surface area contributed by atoms with Crippen molar-refractivity contribution >= 4 is 27.7 Å². The van der Waals surface area contributed by atoms with Gasteiger partial charge in [0.25, 0.3) is 0 Å². The molecule has 38 heavy (non-hydrogen) atoms. The maximum Gasteiger partial charge on any atom is 0.573 e. The lowest BCUT2D eigenvalue weighted by Crippen LogP contribution is -2.53. The molecule has 4 rings (SSSR count). The van der Waals surface area contributed by atoms with Crippen LogP contribution in [0.15, 0.2) is 48.5 Å². The van der Waals surface area contributed by atoms with Gasteiger partial charge in [-0.15, -0.1) is 13.2 Å². The fourth-order valence-corrected chi connectivity index (χ4v) is 5.99. The van der Waals surface area contributed by atoms with Crippen LogP contribution in [0.5, 0.6) is 5.75 Å². The fourth-order valence-electron chi connectivity index (χ4n) is 5.04. The number of alkyl halides is 3. The molecule has 0 saturated carbocycles. The van der Waals surface area contributed by atoms with Crippen molar-refractivity contribution in [3.05, 3.63) is 64.7 Å². The van der Waals surface area contributed by atoms with E-state index in [9.17, 15) is 26.4 Å². The molecule has 208 valence electrons. The molecule has 0 aromatic heterocycles. The third-order valence-electron chi connectivity index (χ3n) is 6.99. The highest BCUT2D eigenvalue weighted by Crippen LogP contribution is 2.33. The number of likely N-dealkylation sites (tertiary alicyclic amines) is 1. The Morgan fingerprint density at radius 3 is 2.16 bits per heavy atom. The van der Waals surface area contributed by atoms with Gasteiger partial charge in [-0.25, -0.2) is 13.2 Å². The van der Waals surface area contributed by atoms with E-state index in [1.165, 1.54) is 22.7 Å². The molecule has 2 unspecified atom stereocenters. The van der Waals surface area contributed by atoms with Gasteiger partial charge in [0, 0.05) is 62.8 Å². The number of nitrogens with zero attached hydrogens (tertiary/aromatic N) is 4. The van der Waals surface area contributed by atoms with Gasteiger partial charge in [-0.3, -0.25) is 4.90 Å². The number of benzene rings is 2. The van der Waals surface area contributed by atoms with Crippen molar-refractivity contribution in [2.75, 3.05) is 52.6 Å². The number of hydrogen-bond donors (Lipinski definition) is 0. The average molecular weight is 575 g/mol. The zero-order valence-electron chi connectivity index (χ0n) is 21.1. The largest absolute Gasteiger partial charge is 0.573 e. The summed E-state index contributed by atoms with van der Waals surface area (Å²) < 4.78 is 66.5. The van der Waals surface area contributed by atoms with Gasteiger partial charge in [-0.05, 0) is 42.4 Å². The highest BCUT2D eigenvalue weighted by Gasteiger charge is 2.40. The SMILES string of the molecule is CN(Cc1ccc(OC(F)(F)F)cc1)C1CN(C(=O)N2CCN(S(C)(=O)=O)CC2)CC1c1ccc(Cl)cc1. The number of carbonyl (C=O) groups excluding carboxylic acids is 1. The lowest BCUT2D eigenvalue weighted by molar-refractivity contribution is -0.274. The summed E-state index contributed by atoms with van der Waals surface area (Å²) in [5.41, 5.74) is 1.83. The summed E-state index contributed by atoms with van der Waals surface area (Å²) >= 11 is 6.09. The number of piperazine rings is 1. The van der Waals surface area contributed by atoms with Gasteiger partial charge >= 0.3 is 12.4 Å². The number of hydrogen-bond acceptors (Lipinski definition) is 5. The molecule has 0 N–H and O–H groups in total. The summed E-state index contributed by atoms with van der Waals surface area (Å²) in [6.07, 6.45) is -3.58. The van der Waals surface area contributed by atoms with Crippen LogP contribution in [-0.4, -0.2) is 98.4 Å². The normalized spacial score (nSPS) is 21.2. The molecule has 2 aromatic carbocycles. The summed E-state index contributed by atoms with van der Waals surface area (Å²) in [4.78, 5) is 19.0. The molecule has 0 bridgehead atoms. The highest BCUT2D eigenvalue weighted by molar-refractivity contribution is 7.88. The van der Waals surface area contributed by atoms with E-state index in [0.29, 0.717) is 37.7 Å². The lowest BCUT2D eigenvalue weighted by Gasteiger charge is -2.35. The molecular formula is C25H30ClF3N4O4S. The monoisotopic (exact) mass is 574 g/mol. The molecule has 2 aliphatic rings. The number of ether oxygens (including phenoxy) is 1. The maximum atomic E-state index is 13.4. The van der Waals surface area contributed by atoms with Crippen LogP contribution in [0.25, 0.3) is 0 Å². The second-order valence-electron chi connectivity index (χ2n) is 9.67. The third-order valence-corrected chi connectivity index (χ3v) is 8.55. The van der Waals surface area contributed by atoms with Gasteiger partial charge in [0.05, 0.1) is 6.26 Å². The highest BCUT2D eigenvalue weighted by atomic mass is 35.5. The molecule has 2 aliphatic heterocycles. The van der Waals surface area contributed by atoms with Crippen molar-refractivity contribution in [2.45, 2.75) is 24.9 Å². The van der Waals surface area contributed by atoms with Gasteiger partial charge in [0.1, 0.15) is 5.75 Å². The Labute approximate surface area is 225 Å². The average Bonchev–Trinajstić information content (AvgIpc) is 3.29. The first-order valence-electron chi connectivity index (χ1n) is 12.1.